The molecule has 2 aromatic rings. The molecule has 1 heterocycles. The highest BCUT2D eigenvalue weighted by atomic mass is 16.4. The maximum absolute atomic E-state index is 11.1. The van der Waals surface area contributed by atoms with Gasteiger partial charge in [0.25, 0.3) is 0 Å². The van der Waals surface area contributed by atoms with Gasteiger partial charge in [0.1, 0.15) is 0 Å². The Kier molecular flexibility index (Phi) is 2.66. The van der Waals surface area contributed by atoms with Crippen LogP contribution in [-0.4, -0.2) is 20.9 Å². The Morgan fingerprint density at radius 2 is 1.84 bits per heavy atom. The third-order valence-corrected chi connectivity index (χ3v) is 3.40. The minimum absolute atomic E-state index is 0.126. The van der Waals surface area contributed by atoms with Crippen molar-refractivity contribution < 1.29 is 9.90 Å². The molecule has 1 aliphatic carbocycles. The zero-order valence-corrected chi connectivity index (χ0v) is 11.1. The summed E-state index contributed by atoms with van der Waals surface area (Å²) in [6.07, 6.45) is 2.24. The fraction of sp³-hybridized carbons (Fsp3) is 0.333. The number of aryl methyl sites for hydroxylation is 2. The molecule has 19 heavy (non-hydrogen) atoms. The van der Waals surface area contributed by atoms with Gasteiger partial charge in [0.15, 0.2) is 5.69 Å². The molecule has 1 saturated carbocycles. The molecule has 0 spiro atoms. The Balaban J connectivity index is 2.14. The van der Waals surface area contributed by atoms with E-state index < -0.39 is 5.97 Å². The average Bonchev–Trinajstić information content (AvgIpc) is 3.06. The molecule has 98 valence electrons. The Morgan fingerprint density at radius 3 is 2.37 bits per heavy atom. The first-order valence-corrected chi connectivity index (χ1v) is 6.46. The summed E-state index contributed by atoms with van der Waals surface area (Å²) >= 11 is 0. The lowest BCUT2D eigenvalue weighted by molar-refractivity contribution is 0.0690. The summed E-state index contributed by atoms with van der Waals surface area (Å²) < 4.78 is 1.79. The van der Waals surface area contributed by atoms with Crippen molar-refractivity contribution in [2.24, 2.45) is 0 Å². The largest absolute Gasteiger partial charge is 0.476 e. The summed E-state index contributed by atoms with van der Waals surface area (Å²) in [5.41, 5.74) is 4.41. The van der Waals surface area contributed by atoms with Crippen LogP contribution in [0.25, 0.3) is 5.69 Å². The number of carbonyl (C=O) groups is 1. The Morgan fingerprint density at radius 1 is 1.21 bits per heavy atom. The van der Waals surface area contributed by atoms with Crippen LogP contribution >= 0.6 is 0 Å². The molecule has 0 amide bonds. The molecule has 0 saturated heterocycles. The summed E-state index contributed by atoms with van der Waals surface area (Å²) in [5.74, 6) is -0.508. The van der Waals surface area contributed by atoms with Gasteiger partial charge >= 0.3 is 5.97 Å². The Labute approximate surface area is 111 Å². The van der Waals surface area contributed by atoms with Crippen molar-refractivity contribution in [3.63, 3.8) is 0 Å². The van der Waals surface area contributed by atoms with E-state index in [0.29, 0.717) is 5.92 Å². The van der Waals surface area contributed by atoms with Crippen LogP contribution in [0.1, 0.15) is 46.1 Å². The molecule has 1 N–H and O–H groups in total. The maximum Gasteiger partial charge on any atom is 0.356 e. The molecular formula is C15H16N2O2. The van der Waals surface area contributed by atoms with Crippen molar-refractivity contribution in [1.82, 2.24) is 9.78 Å². The second-order valence-electron chi connectivity index (χ2n) is 5.29. The summed E-state index contributed by atoms with van der Waals surface area (Å²) in [5, 5.41) is 13.3. The summed E-state index contributed by atoms with van der Waals surface area (Å²) in [7, 11) is 0. The van der Waals surface area contributed by atoms with E-state index in [1.165, 1.54) is 0 Å². The number of hydrogen-bond acceptors (Lipinski definition) is 2. The number of aromatic nitrogens is 2. The predicted molar refractivity (Wildman–Crippen MR) is 72.0 cm³/mol. The number of hydrogen-bond donors (Lipinski definition) is 1. The van der Waals surface area contributed by atoms with E-state index in [9.17, 15) is 4.79 Å². The van der Waals surface area contributed by atoms with Crippen molar-refractivity contribution >= 4 is 5.97 Å². The topological polar surface area (TPSA) is 55.1 Å². The highest BCUT2D eigenvalue weighted by Crippen LogP contribution is 2.41. The van der Waals surface area contributed by atoms with Crippen molar-refractivity contribution in [2.75, 3.05) is 0 Å². The summed E-state index contributed by atoms with van der Waals surface area (Å²) in [6.45, 7) is 4.07. The predicted octanol–water partition coefficient (Wildman–Crippen LogP) is 3.06. The van der Waals surface area contributed by atoms with Crippen LogP contribution in [0.4, 0.5) is 0 Å². The van der Waals surface area contributed by atoms with Gasteiger partial charge in [-0.15, -0.1) is 0 Å². The van der Waals surface area contributed by atoms with Gasteiger partial charge < -0.3 is 5.11 Å². The first-order valence-electron chi connectivity index (χ1n) is 6.46. The number of carboxylic acid groups (broad SMARTS) is 1. The number of rotatable bonds is 3. The lowest BCUT2D eigenvalue weighted by Crippen LogP contribution is -2.04. The fourth-order valence-electron chi connectivity index (χ4n) is 2.45. The van der Waals surface area contributed by atoms with Crippen molar-refractivity contribution in [3.8, 4) is 5.69 Å². The molecular weight excluding hydrogens is 240 g/mol. The van der Waals surface area contributed by atoms with E-state index in [2.05, 4.69) is 11.2 Å². The first kappa shape index (κ1) is 12.0. The van der Waals surface area contributed by atoms with Gasteiger partial charge in [0.2, 0.25) is 0 Å². The minimum atomic E-state index is -0.968. The van der Waals surface area contributed by atoms with E-state index in [1.807, 2.05) is 26.0 Å². The van der Waals surface area contributed by atoms with Gasteiger partial charge in [-0.1, -0.05) is 6.07 Å². The third kappa shape index (κ3) is 2.26. The maximum atomic E-state index is 11.1. The SMILES string of the molecule is Cc1cc(C)cc(-n2nc(C(=O)O)cc2C2CC2)c1. The normalized spacial score (nSPS) is 14.6. The standard InChI is InChI=1S/C15H16N2O2/c1-9-5-10(2)7-12(6-9)17-14(11-3-4-11)8-13(16-17)15(18)19/h5-8,11H,3-4H2,1-2H3,(H,18,19). The summed E-state index contributed by atoms with van der Waals surface area (Å²) in [4.78, 5) is 11.1. The van der Waals surface area contributed by atoms with Gasteiger partial charge in [-0.25, -0.2) is 9.48 Å². The number of nitrogens with zero attached hydrogens (tertiary/aromatic N) is 2. The first-order chi connectivity index (χ1) is 9.04. The summed E-state index contributed by atoms with van der Waals surface area (Å²) in [6, 6.07) is 7.88. The quantitative estimate of drug-likeness (QED) is 0.918. The molecule has 1 aliphatic rings. The number of benzene rings is 1. The van der Waals surface area contributed by atoms with E-state index in [4.69, 9.17) is 5.11 Å². The van der Waals surface area contributed by atoms with Crippen LogP contribution < -0.4 is 0 Å². The van der Waals surface area contributed by atoms with Crippen LogP contribution in [0.2, 0.25) is 0 Å². The van der Waals surface area contributed by atoms with Crippen LogP contribution in [0.5, 0.6) is 0 Å². The molecule has 1 aromatic carbocycles. The third-order valence-electron chi connectivity index (χ3n) is 3.40. The molecule has 4 heteroatoms. The second-order valence-corrected chi connectivity index (χ2v) is 5.29. The van der Waals surface area contributed by atoms with Crippen LogP contribution in [0, 0.1) is 13.8 Å². The molecule has 0 bridgehead atoms. The molecule has 0 atom stereocenters. The van der Waals surface area contributed by atoms with Gasteiger partial charge in [-0.3, -0.25) is 0 Å². The van der Waals surface area contributed by atoms with E-state index in [0.717, 1.165) is 35.3 Å². The van der Waals surface area contributed by atoms with Gasteiger partial charge in [0, 0.05) is 11.6 Å². The smallest absolute Gasteiger partial charge is 0.356 e. The average molecular weight is 256 g/mol. The molecule has 3 rings (SSSR count). The zero-order chi connectivity index (χ0) is 13.6. The van der Waals surface area contributed by atoms with Crippen molar-refractivity contribution in [3.05, 3.63) is 46.8 Å². The van der Waals surface area contributed by atoms with Crippen LogP contribution in [0.15, 0.2) is 24.3 Å². The van der Waals surface area contributed by atoms with Gasteiger partial charge in [-0.05, 0) is 56.0 Å². The Hall–Kier alpha value is -2.10. The molecule has 1 aromatic heterocycles. The minimum Gasteiger partial charge on any atom is -0.476 e. The monoisotopic (exact) mass is 256 g/mol. The lowest BCUT2D eigenvalue weighted by atomic mass is 10.1. The lowest BCUT2D eigenvalue weighted by Gasteiger charge is -2.08. The highest BCUT2D eigenvalue weighted by molar-refractivity contribution is 5.85. The van der Waals surface area contributed by atoms with Crippen molar-refractivity contribution in [2.45, 2.75) is 32.6 Å². The van der Waals surface area contributed by atoms with Crippen molar-refractivity contribution in [1.29, 1.82) is 0 Å². The number of carboxylic acids is 1. The molecule has 0 aliphatic heterocycles. The van der Waals surface area contributed by atoms with E-state index in [-0.39, 0.29) is 5.69 Å². The molecule has 1 fully saturated rings. The molecule has 4 nitrogen and oxygen atoms in total. The van der Waals surface area contributed by atoms with Crippen LogP contribution in [0.3, 0.4) is 0 Å². The van der Waals surface area contributed by atoms with E-state index >= 15 is 0 Å². The van der Waals surface area contributed by atoms with Gasteiger partial charge in [0.05, 0.1) is 5.69 Å². The fourth-order valence-corrected chi connectivity index (χ4v) is 2.45. The second kappa shape index (κ2) is 4.23. The van der Waals surface area contributed by atoms with Crippen LogP contribution in [-0.2, 0) is 0 Å². The zero-order valence-electron chi connectivity index (χ0n) is 11.1. The van der Waals surface area contributed by atoms with Gasteiger partial charge in [-0.2, -0.15) is 5.10 Å². The molecule has 0 unspecified atom stereocenters. The Bertz CT molecular complexity index is 634. The molecule has 0 radical (unpaired) electrons. The van der Waals surface area contributed by atoms with E-state index in [1.54, 1.807) is 10.7 Å². The highest BCUT2D eigenvalue weighted by Gasteiger charge is 2.29. The number of aromatic carboxylic acids is 1.